The molecule has 8 heteroatoms. The Labute approximate surface area is 176 Å². The zero-order valence-corrected chi connectivity index (χ0v) is 16.8. The second-order valence-corrected chi connectivity index (χ2v) is 7.70. The van der Waals surface area contributed by atoms with Crippen LogP contribution in [0.5, 0.6) is 0 Å². The van der Waals surface area contributed by atoms with Crippen LogP contribution in [0.2, 0.25) is 0 Å². The average molecular weight is 412 g/mol. The maximum atomic E-state index is 12.8. The number of nitrogens with one attached hydrogen (secondary N) is 1. The zero-order valence-electron chi connectivity index (χ0n) is 16.0. The number of hydrogen-bond donors (Lipinski definition) is 1. The van der Waals surface area contributed by atoms with E-state index in [1.807, 2.05) is 67.6 Å². The lowest BCUT2D eigenvalue weighted by atomic mass is 10.2. The van der Waals surface area contributed by atoms with E-state index in [9.17, 15) is 4.79 Å². The molecule has 1 amide bonds. The highest BCUT2D eigenvalue weighted by atomic mass is 32.1. The van der Waals surface area contributed by atoms with Gasteiger partial charge in [-0.15, -0.1) is 5.10 Å². The molecule has 0 aliphatic rings. The second-order valence-electron chi connectivity index (χ2n) is 6.67. The fraction of sp³-hybridized carbons (Fsp3) is 0.0455. The van der Waals surface area contributed by atoms with Gasteiger partial charge in [0, 0.05) is 17.8 Å². The van der Waals surface area contributed by atoms with E-state index >= 15 is 0 Å². The van der Waals surface area contributed by atoms with Gasteiger partial charge >= 0.3 is 0 Å². The smallest absolute Gasteiger partial charge is 0.279 e. The summed E-state index contributed by atoms with van der Waals surface area (Å²) in [6.45, 7) is 1.82. The maximum Gasteiger partial charge on any atom is 0.279 e. The Morgan fingerprint density at radius 2 is 1.90 bits per heavy atom. The quantitative estimate of drug-likeness (QED) is 0.470. The van der Waals surface area contributed by atoms with Crippen molar-refractivity contribution >= 4 is 33.3 Å². The van der Waals surface area contributed by atoms with Crippen molar-refractivity contribution in [3.63, 3.8) is 0 Å². The van der Waals surface area contributed by atoms with Crippen LogP contribution in [0.15, 0.2) is 73.1 Å². The molecule has 0 saturated carbocycles. The number of anilines is 1. The van der Waals surface area contributed by atoms with Gasteiger partial charge in [0.05, 0.1) is 21.8 Å². The van der Waals surface area contributed by atoms with Gasteiger partial charge in [0.15, 0.2) is 10.8 Å². The molecule has 2 aromatic carbocycles. The number of aromatic nitrogens is 5. The standard InChI is InChI=1S/C22H16N6OS/c1-14-20(21(29)25-22-24-13-19(30-22)15-6-3-2-4-7-15)26-27-28(14)17-9-10-18-16(12-17)8-5-11-23-18/h2-13H,1H3,(H,24,25,29). The Kier molecular flexibility index (Phi) is 4.53. The lowest BCUT2D eigenvalue weighted by molar-refractivity contribution is 0.102. The van der Waals surface area contributed by atoms with Gasteiger partial charge in [-0.3, -0.25) is 15.1 Å². The maximum absolute atomic E-state index is 12.8. The Morgan fingerprint density at radius 1 is 1.03 bits per heavy atom. The van der Waals surface area contributed by atoms with Crippen molar-refractivity contribution in [2.45, 2.75) is 6.92 Å². The predicted molar refractivity (Wildman–Crippen MR) is 117 cm³/mol. The van der Waals surface area contributed by atoms with Crippen molar-refractivity contribution in [1.29, 1.82) is 0 Å². The highest BCUT2D eigenvalue weighted by Crippen LogP contribution is 2.29. The lowest BCUT2D eigenvalue weighted by Gasteiger charge is -2.05. The Morgan fingerprint density at radius 3 is 2.77 bits per heavy atom. The summed E-state index contributed by atoms with van der Waals surface area (Å²) in [6.07, 6.45) is 3.51. The van der Waals surface area contributed by atoms with E-state index in [1.54, 1.807) is 17.1 Å². The number of thiazole rings is 1. The summed E-state index contributed by atoms with van der Waals surface area (Å²) in [7, 11) is 0. The van der Waals surface area contributed by atoms with Crippen LogP contribution in [-0.4, -0.2) is 30.9 Å². The molecule has 0 aliphatic heterocycles. The first kappa shape index (κ1) is 18.1. The third-order valence-corrected chi connectivity index (χ3v) is 5.69. The Bertz CT molecular complexity index is 1360. The van der Waals surface area contributed by atoms with Crippen molar-refractivity contribution in [3.05, 3.63) is 84.4 Å². The number of carbonyl (C=O) groups excluding carboxylic acids is 1. The van der Waals surface area contributed by atoms with Crippen LogP contribution < -0.4 is 5.32 Å². The average Bonchev–Trinajstić information content (AvgIpc) is 3.40. The number of benzene rings is 2. The molecular formula is C22H16N6OS. The van der Waals surface area contributed by atoms with Crippen LogP contribution in [0.3, 0.4) is 0 Å². The van der Waals surface area contributed by atoms with Gasteiger partial charge in [-0.1, -0.05) is 52.9 Å². The molecule has 30 heavy (non-hydrogen) atoms. The fourth-order valence-corrected chi connectivity index (χ4v) is 4.02. The summed E-state index contributed by atoms with van der Waals surface area (Å²) in [5.74, 6) is -0.338. The van der Waals surface area contributed by atoms with Crippen LogP contribution in [0.4, 0.5) is 5.13 Å². The molecule has 3 aromatic heterocycles. The molecule has 0 atom stereocenters. The van der Waals surface area contributed by atoms with Gasteiger partial charge in [-0.25, -0.2) is 9.67 Å². The topological polar surface area (TPSA) is 85.6 Å². The highest BCUT2D eigenvalue weighted by Gasteiger charge is 2.19. The van der Waals surface area contributed by atoms with E-state index in [-0.39, 0.29) is 11.6 Å². The van der Waals surface area contributed by atoms with E-state index in [4.69, 9.17) is 0 Å². The van der Waals surface area contributed by atoms with Crippen molar-refractivity contribution in [2.24, 2.45) is 0 Å². The van der Waals surface area contributed by atoms with Gasteiger partial charge in [-0.2, -0.15) is 0 Å². The van der Waals surface area contributed by atoms with Crippen LogP contribution >= 0.6 is 11.3 Å². The summed E-state index contributed by atoms with van der Waals surface area (Å²) in [4.78, 5) is 22.4. The molecule has 1 N–H and O–H groups in total. The molecule has 146 valence electrons. The zero-order chi connectivity index (χ0) is 20.5. The molecule has 0 bridgehead atoms. The minimum absolute atomic E-state index is 0.262. The van der Waals surface area contributed by atoms with E-state index in [0.29, 0.717) is 10.8 Å². The first-order valence-electron chi connectivity index (χ1n) is 9.29. The van der Waals surface area contributed by atoms with Crippen molar-refractivity contribution in [2.75, 3.05) is 5.32 Å². The van der Waals surface area contributed by atoms with Crippen molar-refractivity contribution in [1.82, 2.24) is 25.0 Å². The fourth-order valence-electron chi connectivity index (χ4n) is 3.20. The predicted octanol–water partition coefficient (Wildman–Crippen LogP) is 4.50. The number of hydrogen-bond acceptors (Lipinski definition) is 6. The van der Waals surface area contributed by atoms with Crippen LogP contribution in [-0.2, 0) is 0 Å². The minimum Gasteiger partial charge on any atom is -0.296 e. The van der Waals surface area contributed by atoms with Gasteiger partial charge in [0.2, 0.25) is 0 Å². The molecular weight excluding hydrogens is 396 g/mol. The lowest BCUT2D eigenvalue weighted by Crippen LogP contribution is -2.14. The van der Waals surface area contributed by atoms with Crippen LogP contribution in [0.25, 0.3) is 27.0 Å². The number of rotatable bonds is 4. The first-order chi connectivity index (χ1) is 14.7. The van der Waals surface area contributed by atoms with Crippen LogP contribution in [0.1, 0.15) is 16.2 Å². The summed E-state index contributed by atoms with van der Waals surface area (Å²) < 4.78 is 1.65. The van der Waals surface area contributed by atoms with Gasteiger partial charge in [0.1, 0.15) is 0 Å². The summed E-state index contributed by atoms with van der Waals surface area (Å²) in [5.41, 5.74) is 3.69. The number of nitrogens with zero attached hydrogens (tertiary/aromatic N) is 5. The summed E-state index contributed by atoms with van der Waals surface area (Å²) >= 11 is 1.41. The van der Waals surface area contributed by atoms with E-state index in [1.165, 1.54) is 11.3 Å². The third kappa shape index (κ3) is 3.33. The van der Waals surface area contributed by atoms with E-state index in [2.05, 4.69) is 25.6 Å². The Balaban J connectivity index is 1.39. The monoisotopic (exact) mass is 412 g/mol. The first-order valence-corrected chi connectivity index (χ1v) is 10.1. The summed E-state index contributed by atoms with van der Waals surface area (Å²) in [5, 5.41) is 12.6. The van der Waals surface area contributed by atoms with Gasteiger partial charge in [-0.05, 0) is 36.8 Å². The molecule has 0 spiro atoms. The molecule has 0 radical (unpaired) electrons. The molecule has 3 heterocycles. The molecule has 0 unspecified atom stereocenters. The second kappa shape index (κ2) is 7.49. The minimum atomic E-state index is -0.338. The van der Waals surface area contributed by atoms with E-state index < -0.39 is 0 Å². The molecule has 5 aromatic rings. The molecule has 0 aliphatic carbocycles. The van der Waals surface area contributed by atoms with Crippen molar-refractivity contribution in [3.8, 4) is 16.1 Å². The van der Waals surface area contributed by atoms with Crippen molar-refractivity contribution < 1.29 is 4.79 Å². The highest BCUT2D eigenvalue weighted by molar-refractivity contribution is 7.19. The Hall–Kier alpha value is -3.91. The van der Waals surface area contributed by atoms with Gasteiger partial charge < -0.3 is 0 Å². The molecule has 7 nitrogen and oxygen atoms in total. The number of amides is 1. The number of carbonyl (C=O) groups is 1. The largest absolute Gasteiger partial charge is 0.296 e. The molecule has 0 saturated heterocycles. The third-order valence-electron chi connectivity index (χ3n) is 4.73. The molecule has 0 fully saturated rings. The number of fused-ring (bicyclic) bond motifs is 1. The van der Waals surface area contributed by atoms with E-state index in [0.717, 1.165) is 27.0 Å². The molecule has 5 rings (SSSR count). The van der Waals surface area contributed by atoms with Gasteiger partial charge in [0.25, 0.3) is 5.91 Å². The number of pyridine rings is 1. The normalized spacial score (nSPS) is 11.0. The SMILES string of the molecule is Cc1c(C(=O)Nc2ncc(-c3ccccc3)s2)nnn1-c1ccc2ncccc2c1. The summed E-state index contributed by atoms with van der Waals surface area (Å²) in [6, 6.07) is 19.6. The van der Waals surface area contributed by atoms with Crippen LogP contribution in [0, 0.1) is 6.92 Å².